The predicted octanol–water partition coefficient (Wildman–Crippen LogP) is 4.62. The van der Waals surface area contributed by atoms with Gasteiger partial charge >= 0.3 is 0 Å². The summed E-state index contributed by atoms with van der Waals surface area (Å²) in [5, 5.41) is 7.11. The molecule has 2 aromatic carbocycles. The Morgan fingerprint density at radius 3 is 2.24 bits per heavy atom. The SMILES string of the molecule is Fc1ccc(/C=C2\CCC3=C2[C@H](c2ccc(F)cc2)NC(=S)N3)cc1. The van der Waals surface area contributed by atoms with Crippen molar-refractivity contribution >= 4 is 23.4 Å². The van der Waals surface area contributed by atoms with Crippen molar-refractivity contribution in [2.75, 3.05) is 0 Å². The van der Waals surface area contributed by atoms with Crippen LogP contribution in [0.15, 0.2) is 65.4 Å². The molecule has 4 rings (SSSR count). The van der Waals surface area contributed by atoms with Crippen molar-refractivity contribution < 1.29 is 8.78 Å². The molecule has 0 amide bonds. The second-order valence-electron chi connectivity index (χ2n) is 6.20. The average molecular weight is 354 g/mol. The molecule has 0 unspecified atom stereocenters. The second-order valence-corrected chi connectivity index (χ2v) is 6.60. The Morgan fingerprint density at radius 2 is 1.56 bits per heavy atom. The van der Waals surface area contributed by atoms with Crippen LogP contribution in [0.1, 0.15) is 30.0 Å². The van der Waals surface area contributed by atoms with Crippen LogP contribution in [0.4, 0.5) is 8.78 Å². The van der Waals surface area contributed by atoms with Crippen LogP contribution in [-0.4, -0.2) is 5.11 Å². The van der Waals surface area contributed by atoms with Gasteiger partial charge in [0.15, 0.2) is 5.11 Å². The molecular formula is C20H16F2N2S. The Labute approximate surface area is 150 Å². The lowest BCUT2D eigenvalue weighted by Crippen LogP contribution is -2.42. The Kier molecular flexibility index (Phi) is 4.09. The third-order valence-electron chi connectivity index (χ3n) is 4.56. The maximum absolute atomic E-state index is 13.3. The highest BCUT2D eigenvalue weighted by atomic mass is 32.1. The number of halogens is 2. The molecule has 0 aromatic heterocycles. The number of benzene rings is 2. The van der Waals surface area contributed by atoms with Crippen LogP contribution in [-0.2, 0) is 0 Å². The summed E-state index contributed by atoms with van der Waals surface area (Å²) in [4.78, 5) is 0. The fraction of sp³-hybridized carbons (Fsp3) is 0.150. The van der Waals surface area contributed by atoms with Crippen molar-refractivity contribution in [1.29, 1.82) is 0 Å². The number of rotatable bonds is 2. The number of thiocarbonyl (C=S) groups is 1. The van der Waals surface area contributed by atoms with Crippen LogP contribution < -0.4 is 10.6 Å². The molecule has 126 valence electrons. The smallest absolute Gasteiger partial charge is 0.171 e. The Morgan fingerprint density at radius 1 is 0.920 bits per heavy atom. The van der Waals surface area contributed by atoms with E-state index in [1.165, 1.54) is 29.8 Å². The number of hydrogen-bond acceptors (Lipinski definition) is 1. The molecule has 0 saturated carbocycles. The molecule has 1 aliphatic heterocycles. The second kappa shape index (κ2) is 6.41. The number of hydrogen-bond donors (Lipinski definition) is 2. The quantitative estimate of drug-likeness (QED) is 0.770. The van der Waals surface area contributed by atoms with Crippen LogP contribution in [0.2, 0.25) is 0 Å². The van der Waals surface area contributed by atoms with Gasteiger partial charge in [0, 0.05) is 11.3 Å². The number of allylic oxidation sites excluding steroid dienone is 1. The molecular weight excluding hydrogens is 338 g/mol. The largest absolute Gasteiger partial charge is 0.351 e. The van der Waals surface area contributed by atoms with E-state index in [1.807, 2.05) is 0 Å². The van der Waals surface area contributed by atoms with Crippen molar-refractivity contribution in [3.63, 3.8) is 0 Å². The van der Waals surface area contributed by atoms with Crippen LogP contribution in [0.5, 0.6) is 0 Å². The fourth-order valence-electron chi connectivity index (χ4n) is 3.40. The van der Waals surface area contributed by atoms with Crippen molar-refractivity contribution in [2.24, 2.45) is 0 Å². The summed E-state index contributed by atoms with van der Waals surface area (Å²) in [6.45, 7) is 0. The molecule has 25 heavy (non-hydrogen) atoms. The van der Waals surface area contributed by atoms with E-state index in [2.05, 4.69) is 16.7 Å². The normalized spacial score (nSPS) is 21.1. The van der Waals surface area contributed by atoms with Gasteiger partial charge in [0.25, 0.3) is 0 Å². The monoisotopic (exact) mass is 354 g/mol. The van der Waals surface area contributed by atoms with Gasteiger partial charge in [0.05, 0.1) is 6.04 Å². The molecule has 1 atom stereocenters. The van der Waals surface area contributed by atoms with Gasteiger partial charge in [-0.3, -0.25) is 0 Å². The average Bonchev–Trinajstić information content (AvgIpc) is 2.99. The van der Waals surface area contributed by atoms with E-state index in [9.17, 15) is 8.78 Å². The first-order valence-electron chi connectivity index (χ1n) is 8.13. The molecule has 0 spiro atoms. The van der Waals surface area contributed by atoms with Gasteiger partial charge in [-0.05, 0) is 66.0 Å². The molecule has 0 saturated heterocycles. The lowest BCUT2D eigenvalue weighted by molar-refractivity contribution is 0.624. The van der Waals surface area contributed by atoms with Crippen molar-refractivity contribution in [3.8, 4) is 0 Å². The third-order valence-corrected chi connectivity index (χ3v) is 4.78. The maximum Gasteiger partial charge on any atom is 0.171 e. The van der Waals surface area contributed by atoms with Crippen LogP contribution in [0.3, 0.4) is 0 Å². The summed E-state index contributed by atoms with van der Waals surface area (Å²) in [5.41, 5.74) is 5.34. The summed E-state index contributed by atoms with van der Waals surface area (Å²) in [5.74, 6) is -0.507. The Bertz CT molecular complexity index is 883. The zero-order valence-corrected chi connectivity index (χ0v) is 14.2. The molecule has 2 aliphatic rings. The summed E-state index contributed by atoms with van der Waals surface area (Å²) in [7, 11) is 0. The van der Waals surface area contributed by atoms with Gasteiger partial charge in [-0.1, -0.05) is 30.3 Å². The van der Waals surface area contributed by atoms with E-state index in [0.717, 1.165) is 35.2 Å². The minimum absolute atomic E-state index is 0.112. The first-order chi connectivity index (χ1) is 12.1. The highest BCUT2D eigenvalue weighted by Gasteiger charge is 2.32. The zero-order valence-electron chi connectivity index (χ0n) is 13.4. The number of nitrogens with one attached hydrogen (secondary N) is 2. The molecule has 1 aliphatic carbocycles. The fourth-order valence-corrected chi connectivity index (χ4v) is 3.65. The summed E-state index contributed by atoms with van der Waals surface area (Å²) in [6.07, 6.45) is 3.84. The molecule has 0 radical (unpaired) electrons. The first-order valence-corrected chi connectivity index (χ1v) is 8.53. The Hall–Kier alpha value is -2.53. The topological polar surface area (TPSA) is 24.1 Å². The van der Waals surface area contributed by atoms with Crippen molar-refractivity contribution in [2.45, 2.75) is 18.9 Å². The summed E-state index contributed by atoms with van der Waals surface area (Å²) in [6, 6.07) is 12.8. The highest BCUT2D eigenvalue weighted by Crippen LogP contribution is 2.41. The summed E-state index contributed by atoms with van der Waals surface area (Å²) < 4.78 is 26.4. The maximum atomic E-state index is 13.3. The van der Waals surface area contributed by atoms with Gasteiger partial charge < -0.3 is 10.6 Å². The van der Waals surface area contributed by atoms with Crippen LogP contribution in [0.25, 0.3) is 6.08 Å². The predicted molar refractivity (Wildman–Crippen MR) is 98.6 cm³/mol. The van der Waals surface area contributed by atoms with E-state index in [4.69, 9.17) is 12.2 Å². The standard InChI is InChI=1S/C20H16F2N2S/c21-15-6-1-12(2-7-15)11-14-5-10-17-18(14)19(24-20(25)23-17)13-3-8-16(22)9-4-13/h1-4,6-9,11,19H,5,10H2,(H2,23,24,25)/b14-11+/t19-/m0/s1. The van der Waals surface area contributed by atoms with Crippen LogP contribution >= 0.6 is 12.2 Å². The van der Waals surface area contributed by atoms with Crippen LogP contribution in [0, 0.1) is 11.6 Å². The van der Waals surface area contributed by atoms with E-state index >= 15 is 0 Å². The van der Waals surface area contributed by atoms with E-state index in [1.54, 1.807) is 24.3 Å². The van der Waals surface area contributed by atoms with E-state index in [-0.39, 0.29) is 17.7 Å². The molecule has 0 fully saturated rings. The lowest BCUT2D eigenvalue weighted by atomic mass is 9.92. The van der Waals surface area contributed by atoms with E-state index < -0.39 is 0 Å². The van der Waals surface area contributed by atoms with Crippen molar-refractivity contribution in [1.82, 2.24) is 10.6 Å². The molecule has 0 bridgehead atoms. The molecule has 1 heterocycles. The van der Waals surface area contributed by atoms with Gasteiger partial charge in [-0.15, -0.1) is 0 Å². The van der Waals surface area contributed by atoms with Gasteiger partial charge in [-0.25, -0.2) is 8.78 Å². The van der Waals surface area contributed by atoms with Gasteiger partial charge in [0.2, 0.25) is 0 Å². The zero-order chi connectivity index (χ0) is 17.4. The van der Waals surface area contributed by atoms with Crippen molar-refractivity contribution in [3.05, 3.63) is 88.1 Å². The minimum Gasteiger partial charge on any atom is -0.351 e. The molecule has 2 aromatic rings. The molecule has 2 nitrogen and oxygen atoms in total. The van der Waals surface area contributed by atoms with E-state index in [0.29, 0.717) is 5.11 Å². The van der Waals surface area contributed by atoms with Gasteiger partial charge in [-0.2, -0.15) is 0 Å². The molecule has 5 heteroatoms. The molecule has 2 N–H and O–H groups in total. The Balaban J connectivity index is 1.75. The minimum atomic E-state index is -0.261. The third kappa shape index (κ3) is 3.20. The summed E-state index contributed by atoms with van der Waals surface area (Å²) >= 11 is 5.32. The first kappa shape index (κ1) is 16.0. The highest BCUT2D eigenvalue weighted by molar-refractivity contribution is 7.80. The lowest BCUT2D eigenvalue weighted by Gasteiger charge is -2.30. The van der Waals surface area contributed by atoms with Gasteiger partial charge in [0.1, 0.15) is 11.6 Å².